The molecule has 13 heteroatoms. The number of nitrogens with one attached hydrogen (secondary N) is 2. The predicted octanol–water partition coefficient (Wildman–Crippen LogP) is 3.59. The van der Waals surface area contributed by atoms with Crippen LogP contribution in [0.15, 0.2) is 47.4 Å². The van der Waals surface area contributed by atoms with E-state index in [2.05, 4.69) is 10.6 Å². The monoisotopic (exact) mass is 611 g/mol. The Morgan fingerprint density at radius 1 is 1.10 bits per heavy atom. The van der Waals surface area contributed by atoms with Crippen LogP contribution < -0.4 is 15.4 Å². The van der Waals surface area contributed by atoms with E-state index in [-0.39, 0.29) is 25.4 Å². The molecule has 2 atom stereocenters. The lowest BCUT2D eigenvalue weighted by atomic mass is 9.98. The van der Waals surface area contributed by atoms with Crippen LogP contribution in [0.4, 0.5) is 13.2 Å². The number of halogens is 3. The van der Waals surface area contributed by atoms with Gasteiger partial charge < -0.3 is 20.1 Å². The number of aryl methyl sites for hydroxylation is 1. The highest BCUT2D eigenvalue weighted by Gasteiger charge is 2.40. The summed E-state index contributed by atoms with van der Waals surface area (Å²) in [4.78, 5) is 26.6. The molecule has 2 aromatic rings. The van der Waals surface area contributed by atoms with Gasteiger partial charge in [-0.05, 0) is 74.1 Å². The van der Waals surface area contributed by atoms with E-state index in [1.165, 1.54) is 0 Å². The summed E-state index contributed by atoms with van der Waals surface area (Å²) in [7, 11) is -2.90. The zero-order valence-corrected chi connectivity index (χ0v) is 24.4. The molecule has 2 amide bonds. The number of benzene rings is 2. The van der Waals surface area contributed by atoms with Crippen LogP contribution in [0.2, 0.25) is 0 Å². The van der Waals surface area contributed by atoms with Gasteiger partial charge in [0, 0.05) is 32.2 Å². The number of methoxy groups -OCH3 is 1. The quantitative estimate of drug-likeness (QED) is 0.448. The van der Waals surface area contributed by atoms with Gasteiger partial charge in [-0.25, -0.2) is 8.42 Å². The third-order valence-electron chi connectivity index (χ3n) is 7.70. The van der Waals surface area contributed by atoms with E-state index in [9.17, 15) is 31.2 Å². The second-order valence-electron chi connectivity index (χ2n) is 10.6. The molecule has 42 heavy (non-hydrogen) atoms. The SMILES string of the molecule is COc1ccc(CC(NC(=O)C2CCCCN2S(=O)(=O)c2cccc(C(F)(F)F)c2)C(=O)NC2CCOCC2)c(C)c1. The van der Waals surface area contributed by atoms with Gasteiger partial charge in [-0.15, -0.1) is 0 Å². The molecule has 0 bridgehead atoms. The average Bonchev–Trinajstić information content (AvgIpc) is 2.97. The van der Waals surface area contributed by atoms with E-state index in [0.717, 1.165) is 33.6 Å². The summed E-state index contributed by atoms with van der Waals surface area (Å²) in [6, 6.07) is 6.53. The minimum Gasteiger partial charge on any atom is -0.497 e. The molecule has 2 aromatic carbocycles. The van der Waals surface area contributed by atoms with Crippen molar-refractivity contribution in [1.29, 1.82) is 0 Å². The van der Waals surface area contributed by atoms with Crippen LogP contribution in [0.3, 0.4) is 0 Å². The molecule has 0 aliphatic carbocycles. The summed E-state index contributed by atoms with van der Waals surface area (Å²) in [5, 5.41) is 5.75. The first-order valence-electron chi connectivity index (χ1n) is 13.9. The lowest BCUT2D eigenvalue weighted by Crippen LogP contribution is -2.57. The molecule has 230 valence electrons. The number of hydrogen-bond donors (Lipinski definition) is 2. The first-order valence-corrected chi connectivity index (χ1v) is 15.4. The number of carbonyl (C=O) groups excluding carboxylic acids is 2. The Labute approximate surface area is 243 Å². The van der Waals surface area contributed by atoms with Crippen molar-refractivity contribution in [2.45, 2.75) is 74.6 Å². The van der Waals surface area contributed by atoms with Gasteiger partial charge in [-0.1, -0.05) is 18.6 Å². The summed E-state index contributed by atoms with van der Waals surface area (Å²) < 4.78 is 78.6. The summed E-state index contributed by atoms with van der Waals surface area (Å²) in [5.74, 6) is -0.446. The van der Waals surface area contributed by atoms with Gasteiger partial charge in [0.15, 0.2) is 0 Å². The van der Waals surface area contributed by atoms with Crippen molar-refractivity contribution in [3.8, 4) is 5.75 Å². The Balaban J connectivity index is 1.59. The molecule has 0 saturated carbocycles. The number of rotatable bonds is 9. The number of piperidine rings is 1. The van der Waals surface area contributed by atoms with E-state index >= 15 is 0 Å². The van der Waals surface area contributed by atoms with Gasteiger partial charge in [0.2, 0.25) is 21.8 Å². The largest absolute Gasteiger partial charge is 0.497 e. The molecule has 0 spiro atoms. The molecule has 0 radical (unpaired) electrons. The number of nitrogens with zero attached hydrogens (tertiary/aromatic N) is 1. The zero-order chi connectivity index (χ0) is 30.5. The van der Waals surface area contributed by atoms with Crippen LogP contribution in [0.1, 0.15) is 48.8 Å². The molecule has 2 unspecified atom stereocenters. The Morgan fingerprint density at radius 2 is 1.83 bits per heavy atom. The minimum atomic E-state index is -4.73. The highest BCUT2D eigenvalue weighted by molar-refractivity contribution is 7.89. The molecule has 2 N–H and O–H groups in total. The van der Waals surface area contributed by atoms with Gasteiger partial charge in [-0.3, -0.25) is 9.59 Å². The molecule has 2 saturated heterocycles. The standard InChI is InChI=1S/C29H36F3N3O6S/c1-19-16-23(40-2)10-9-20(19)17-25(27(36)33-22-11-14-41-15-12-22)34-28(37)26-8-3-4-13-35(26)42(38,39)24-7-5-6-21(18-24)29(30,31)32/h5-7,9-10,16,18,22,25-26H,3-4,8,11-15,17H2,1-2H3,(H,33,36)(H,34,37). The van der Waals surface area contributed by atoms with Gasteiger partial charge in [0.05, 0.1) is 17.6 Å². The van der Waals surface area contributed by atoms with Crippen molar-refractivity contribution >= 4 is 21.8 Å². The molecule has 0 aromatic heterocycles. The van der Waals surface area contributed by atoms with Crippen LogP contribution in [-0.4, -0.2) is 69.5 Å². The van der Waals surface area contributed by atoms with Crippen molar-refractivity contribution in [3.63, 3.8) is 0 Å². The summed E-state index contributed by atoms with van der Waals surface area (Å²) in [6.07, 6.45) is -2.18. The Morgan fingerprint density at radius 3 is 2.50 bits per heavy atom. The molecule has 2 heterocycles. The highest BCUT2D eigenvalue weighted by atomic mass is 32.2. The summed E-state index contributed by atoms with van der Waals surface area (Å²) >= 11 is 0. The molecule has 2 aliphatic rings. The van der Waals surface area contributed by atoms with E-state index in [4.69, 9.17) is 9.47 Å². The number of sulfonamides is 1. The van der Waals surface area contributed by atoms with Crippen molar-refractivity contribution < 1.29 is 40.7 Å². The molecule has 4 rings (SSSR count). The molecule has 2 fully saturated rings. The number of alkyl halides is 3. The van der Waals surface area contributed by atoms with Gasteiger partial charge in [-0.2, -0.15) is 17.5 Å². The van der Waals surface area contributed by atoms with Gasteiger partial charge in [0.25, 0.3) is 0 Å². The fourth-order valence-corrected chi connectivity index (χ4v) is 6.99. The topological polar surface area (TPSA) is 114 Å². The number of hydrogen-bond acceptors (Lipinski definition) is 6. The number of amides is 2. The maximum Gasteiger partial charge on any atom is 0.416 e. The highest BCUT2D eigenvalue weighted by Crippen LogP contribution is 2.32. The van der Waals surface area contributed by atoms with Crippen molar-refractivity contribution in [1.82, 2.24) is 14.9 Å². The smallest absolute Gasteiger partial charge is 0.416 e. The maximum absolute atomic E-state index is 13.7. The zero-order valence-electron chi connectivity index (χ0n) is 23.6. The molecule has 9 nitrogen and oxygen atoms in total. The van der Waals surface area contributed by atoms with Gasteiger partial charge in [0.1, 0.15) is 17.8 Å². The summed E-state index contributed by atoms with van der Waals surface area (Å²) in [6.45, 7) is 2.83. The summed E-state index contributed by atoms with van der Waals surface area (Å²) in [5.41, 5.74) is 0.542. The van der Waals surface area contributed by atoms with Crippen LogP contribution in [-0.2, 0) is 36.9 Å². The fraction of sp³-hybridized carbons (Fsp3) is 0.517. The third kappa shape index (κ3) is 7.61. The first-order chi connectivity index (χ1) is 19.9. The van der Waals surface area contributed by atoms with Crippen LogP contribution in [0.5, 0.6) is 5.75 Å². The molecule has 2 aliphatic heterocycles. The third-order valence-corrected chi connectivity index (χ3v) is 9.60. The first kappa shape index (κ1) is 31.8. The Kier molecular flexibility index (Phi) is 10.2. The van der Waals surface area contributed by atoms with E-state index in [0.29, 0.717) is 50.7 Å². The molecular weight excluding hydrogens is 575 g/mol. The lowest BCUT2D eigenvalue weighted by Gasteiger charge is -2.35. The van der Waals surface area contributed by atoms with Crippen LogP contribution in [0.25, 0.3) is 0 Å². The lowest BCUT2D eigenvalue weighted by molar-refractivity contribution is -0.137. The Hall–Kier alpha value is -3.16. The fourth-order valence-electron chi connectivity index (χ4n) is 5.29. The predicted molar refractivity (Wildman–Crippen MR) is 148 cm³/mol. The van der Waals surface area contributed by atoms with Crippen LogP contribution >= 0.6 is 0 Å². The Bertz CT molecular complexity index is 1380. The second-order valence-corrected chi connectivity index (χ2v) is 12.5. The van der Waals surface area contributed by atoms with Crippen molar-refractivity contribution in [2.24, 2.45) is 0 Å². The van der Waals surface area contributed by atoms with E-state index < -0.39 is 50.6 Å². The minimum absolute atomic E-state index is 0.0345. The van der Waals surface area contributed by atoms with Crippen molar-refractivity contribution in [2.75, 3.05) is 26.9 Å². The van der Waals surface area contributed by atoms with E-state index in [1.54, 1.807) is 19.2 Å². The van der Waals surface area contributed by atoms with Crippen LogP contribution in [0, 0.1) is 6.92 Å². The normalized spacial score (nSPS) is 19.6. The maximum atomic E-state index is 13.7. The van der Waals surface area contributed by atoms with Gasteiger partial charge >= 0.3 is 6.18 Å². The van der Waals surface area contributed by atoms with E-state index in [1.807, 2.05) is 13.0 Å². The van der Waals surface area contributed by atoms with Crippen molar-refractivity contribution in [3.05, 3.63) is 59.2 Å². The average molecular weight is 612 g/mol. The number of carbonyl (C=O) groups is 2. The number of ether oxygens (including phenoxy) is 2. The molecular formula is C29H36F3N3O6S. The second kappa shape index (κ2) is 13.4.